The van der Waals surface area contributed by atoms with Crippen molar-refractivity contribution in [2.45, 2.75) is 107 Å². The van der Waals surface area contributed by atoms with Gasteiger partial charge in [0.05, 0.1) is 92.6 Å². The summed E-state index contributed by atoms with van der Waals surface area (Å²) in [6, 6.07) is 20.1. The summed E-state index contributed by atoms with van der Waals surface area (Å²) >= 11 is 0. The van der Waals surface area contributed by atoms with E-state index in [-0.39, 0.29) is 83.5 Å². The third kappa shape index (κ3) is 12.8. The minimum atomic E-state index is -1.43. The molecule has 22 heteroatoms. The van der Waals surface area contributed by atoms with Crippen LogP contribution in [0.3, 0.4) is 0 Å². The maximum Gasteiger partial charge on any atom is 2.00 e. The van der Waals surface area contributed by atoms with Crippen molar-refractivity contribution < 1.29 is 117 Å². The van der Waals surface area contributed by atoms with Gasteiger partial charge in [0.25, 0.3) is 47.3 Å². The molecule has 78 heavy (non-hydrogen) atoms. The van der Waals surface area contributed by atoms with Crippen LogP contribution in [0.4, 0.5) is 0 Å². The predicted octanol–water partition coefficient (Wildman–Crippen LogP) is 1.78. The van der Waals surface area contributed by atoms with Crippen molar-refractivity contribution in [2.75, 3.05) is 0 Å². The van der Waals surface area contributed by atoms with Gasteiger partial charge in [-0.25, -0.2) is 0 Å². The number of carbonyl (C=O) groups excluding carboxylic acids is 12. The van der Waals surface area contributed by atoms with Crippen LogP contribution in [0.5, 0.6) is 0 Å². The van der Waals surface area contributed by atoms with Gasteiger partial charge in [0.2, 0.25) is 0 Å². The Bertz CT molecular complexity index is 2570. The van der Waals surface area contributed by atoms with E-state index in [4.69, 9.17) is 0 Å². The van der Waals surface area contributed by atoms with E-state index in [0.717, 1.165) is 19.6 Å². The fourth-order valence-corrected chi connectivity index (χ4v) is 9.15. The van der Waals surface area contributed by atoms with Crippen molar-refractivity contribution in [3.05, 3.63) is 142 Å². The van der Waals surface area contributed by atoms with E-state index in [1.54, 1.807) is 132 Å². The Hall–Kier alpha value is -7.43. The summed E-state index contributed by atoms with van der Waals surface area (Å²) in [7, 11) is 0. The van der Waals surface area contributed by atoms with Crippen LogP contribution in [-0.4, -0.2) is 115 Å². The summed E-state index contributed by atoms with van der Waals surface area (Å²) in [5.74, 6) is -10.3. The molecule has 4 heterocycles. The molecule has 4 aromatic carbocycles. The standard InChI is InChI=1S/4C14H15NO4.2Rh/c4*1-14(2,3)10(13(18)19)15-11(16)8-6-4-5-7-9(8)12(15)17;;/h4*4-7,10H,1-3H3,(H,18,19);;/q;;;;2*+2/p-4/t4*10-;;/m0000../s1. The number of nitrogens with zero attached hydrogens (tertiary/aromatic N) is 4. The van der Waals surface area contributed by atoms with Crippen molar-refractivity contribution >= 4 is 71.1 Å². The number of fused-ring (bicyclic) bond motifs is 4. The SMILES string of the molecule is CC(C)(C)[C@H](C(=O)[O-])N1C(=O)c2ccccc2C1=O.CC(C)(C)[C@H](C(=O)[O-])N1C(=O)c2ccccc2C1=O.CC(C)(C)[C@H](C(=O)[O-])N1C(=O)c2ccccc2C1=O.CC(C)(C)[C@H](C(=O)[O-])N1C(=O)c2ccccc2C1=O.[Rh+2].[Rh+2]. The number of carboxylic acid groups (broad SMARTS) is 4. The second kappa shape index (κ2) is 24.1. The van der Waals surface area contributed by atoms with Crippen LogP contribution in [0.1, 0.15) is 166 Å². The maximum atomic E-state index is 12.2. The minimum Gasteiger partial charge on any atom is -0.548 e. The monoisotopic (exact) mass is 1250 g/mol. The number of hydrogen-bond donors (Lipinski definition) is 0. The average molecular weight is 1250 g/mol. The van der Waals surface area contributed by atoms with Crippen LogP contribution < -0.4 is 20.4 Å². The van der Waals surface area contributed by atoms with Gasteiger partial charge in [-0.1, -0.05) is 132 Å². The molecule has 0 bridgehead atoms. The van der Waals surface area contributed by atoms with Crippen LogP contribution in [-0.2, 0) is 58.1 Å². The van der Waals surface area contributed by atoms with E-state index in [1.165, 1.54) is 48.5 Å². The maximum absolute atomic E-state index is 12.2. The Kier molecular flexibility index (Phi) is 20.0. The normalized spacial score (nSPS) is 16.1. The van der Waals surface area contributed by atoms with E-state index in [0.29, 0.717) is 0 Å². The molecule has 0 aliphatic carbocycles. The molecule has 8 amide bonds. The molecule has 0 spiro atoms. The first-order valence-corrected chi connectivity index (χ1v) is 23.7. The number of carboxylic acids is 4. The summed E-state index contributed by atoms with van der Waals surface area (Å²) in [5, 5.41) is 45.3. The third-order valence-corrected chi connectivity index (χ3v) is 12.5. The van der Waals surface area contributed by atoms with E-state index in [2.05, 4.69) is 0 Å². The van der Waals surface area contributed by atoms with Crippen LogP contribution >= 0.6 is 0 Å². The van der Waals surface area contributed by atoms with Gasteiger partial charge < -0.3 is 39.6 Å². The van der Waals surface area contributed by atoms with E-state index < -0.39 is 117 Å². The van der Waals surface area contributed by atoms with E-state index >= 15 is 0 Å². The largest absolute Gasteiger partial charge is 2.00 e. The van der Waals surface area contributed by atoms with Crippen molar-refractivity contribution in [1.29, 1.82) is 0 Å². The molecule has 2 radical (unpaired) electrons. The Morgan fingerprint density at radius 3 is 0.462 bits per heavy atom. The van der Waals surface area contributed by atoms with Crippen molar-refractivity contribution in [3.8, 4) is 0 Å². The van der Waals surface area contributed by atoms with Crippen LogP contribution in [0.15, 0.2) is 97.1 Å². The van der Waals surface area contributed by atoms with Gasteiger partial charge in [-0.3, -0.25) is 58.0 Å². The summed E-state index contributed by atoms with van der Waals surface area (Å²) in [5.41, 5.74) is -1.29. The third-order valence-electron chi connectivity index (χ3n) is 12.5. The number of aliphatic carboxylic acids is 4. The molecule has 4 atom stereocenters. The molecule has 0 N–H and O–H groups in total. The number of amides is 8. The Morgan fingerprint density at radius 1 is 0.282 bits per heavy atom. The van der Waals surface area contributed by atoms with Gasteiger partial charge in [-0.05, 0) is 70.2 Å². The van der Waals surface area contributed by atoms with E-state index in [9.17, 15) is 78.0 Å². The van der Waals surface area contributed by atoms with Gasteiger partial charge in [0, 0.05) is 0 Å². The predicted molar refractivity (Wildman–Crippen MR) is 261 cm³/mol. The molecule has 414 valence electrons. The van der Waals surface area contributed by atoms with Crippen molar-refractivity contribution in [2.24, 2.45) is 21.7 Å². The number of carbonyl (C=O) groups is 12. The zero-order chi connectivity index (χ0) is 57.5. The zero-order valence-corrected chi connectivity index (χ0v) is 47.8. The first-order valence-electron chi connectivity index (χ1n) is 23.7. The molecule has 4 aromatic rings. The molecular weight excluding hydrogens is 1190 g/mol. The molecule has 0 aromatic heterocycles. The summed E-state index contributed by atoms with van der Waals surface area (Å²) in [4.78, 5) is 146. The van der Waals surface area contributed by atoms with Gasteiger partial charge in [0.15, 0.2) is 0 Å². The van der Waals surface area contributed by atoms with Gasteiger partial charge in [0.1, 0.15) is 0 Å². The molecule has 0 saturated carbocycles. The van der Waals surface area contributed by atoms with E-state index in [1.807, 2.05) is 0 Å². The van der Waals surface area contributed by atoms with Crippen LogP contribution in [0, 0.1) is 21.7 Å². The van der Waals surface area contributed by atoms with Crippen LogP contribution in [0.2, 0.25) is 0 Å². The smallest absolute Gasteiger partial charge is 0.548 e. The number of imide groups is 4. The number of rotatable bonds is 8. The number of hydrogen-bond acceptors (Lipinski definition) is 16. The summed E-state index contributed by atoms with van der Waals surface area (Å²) in [6.45, 7) is 19.8. The molecule has 4 aliphatic rings. The van der Waals surface area contributed by atoms with Crippen LogP contribution in [0.25, 0.3) is 0 Å². The molecule has 4 aliphatic heterocycles. The molecular formula is C56H56N4O16Rh2. The molecule has 0 unspecified atom stereocenters. The molecule has 8 rings (SSSR count). The Balaban J connectivity index is 0.000000271. The second-order valence-corrected chi connectivity index (χ2v) is 22.5. The number of benzene rings is 4. The first kappa shape index (κ1) is 64.9. The fraction of sp³-hybridized carbons (Fsp3) is 0.357. The van der Waals surface area contributed by atoms with Gasteiger partial charge >= 0.3 is 39.0 Å². The van der Waals surface area contributed by atoms with Crippen molar-refractivity contribution in [3.63, 3.8) is 0 Å². The average Bonchev–Trinajstić information content (AvgIpc) is 3.90. The first-order chi connectivity index (χ1) is 35.0. The summed E-state index contributed by atoms with van der Waals surface area (Å²) in [6.07, 6.45) is 0. The Morgan fingerprint density at radius 2 is 0.385 bits per heavy atom. The zero-order valence-electron chi connectivity index (χ0n) is 44.5. The topological polar surface area (TPSA) is 310 Å². The molecule has 20 nitrogen and oxygen atoms in total. The quantitative estimate of drug-likeness (QED) is 0.179. The Labute approximate surface area is 475 Å². The molecule has 0 fully saturated rings. The van der Waals surface area contributed by atoms with Crippen molar-refractivity contribution in [1.82, 2.24) is 19.6 Å². The fourth-order valence-electron chi connectivity index (χ4n) is 9.15. The minimum absolute atomic E-state index is 0. The molecule has 0 saturated heterocycles. The second-order valence-electron chi connectivity index (χ2n) is 22.5. The van der Waals surface area contributed by atoms with Gasteiger partial charge in [-0.2, -0.15) is 0 Å². The van der Waals surface area contributed by atoms with Gasteiger partial charge in [-0.15, -0.1) is 0 Å². The summed E-state index contributed by atoms with van der Waals surface area (Å²) < 4.78 is 0.